The number of carbonyl (C=O) groups excluding carboxylic acids is 1. The van der Waals surface area contributed by atoms with Crippen molar-refractivity contribution in [3.8, 4) is 5.69 Å². The Morgan fingerprint density at radius 3 is 2.50 bits per heavy atom. The third kappa shape index (κ3) is 2.66. The summed E-state index contributed by atoms with van der Waals surface area (Å²) in [6, 6.07) is 16.7. The highest BCUT2D eigenvalue weighted by atomic mass is 35.5. The third-order valence-corrected chi connectivity index (χ3v) is 4.78. The van der Waals surface area contributed by atoms with E-state index in [1.54, 1.807) is 66.9 Å². The highest BCUT2D eigenvalue weighted by Crippen LogP contribution is 2.62. The first-order chi connectivity index (χ1) is 12.4. The number of carbonyl (C=O) groups is 1. The Morgan fingerprint density at radius 1 is 1.12 bits per heavy atom. The van der Waals surface area contributed by atoms with Crippen molar-refractivity contribution in [1.29, 1.82) is 0 Å². The number of rotatable bonds is 4. The Morgan fingerprint density at radius 2 is 1.85 bits per heavy atom. The number of nitrogens with zero attached hydrogens (tertiary/aromatic N) is 2. The zero-order valence-corrected chi connectivity index (χ0v) is 14.3. The third-order valence-electron chi connectivity index (χ3n) is 4.54. The van der Waals surface area contributed by atoms with Gasteiger partial charge in [0.15, 0.2) is 5.82 Å². The molecule has 0 spiro atoms. The lowest BCUT2D eigenvalue weighted by Gasteiger charge is -2.15. The Kier molecular flexibility index (Phi) is 3.80. The zero-order valence-electron chi connectivity index (χ0n) is 13.5. The van der Waals surface area contributed by atoms with E-state index >= 15 is 0 Å². The van der Waals surface area contributed by atoms with Crippen LogP contribution in [-0.4, -0.2) is 21.6 Å². The minimum Gasteiger partial charge on any atom is -0.308 e. The summed E-state index contributed by atoms with van der Waals surface area (Å²) in [4.78, 5) is 12.7. The van der Waals surface area contributed by atoms with Crippen molar-refractivity contribution in [1.82, 2.24) is 9.78 Å². The molecule has 26 heavy (non-hydrogen) atoms. The number of anilines is 1. The van der Waals surface area contributed by atoms with Gasteiger partial charge in [0, 0.05) is 23.7 Å². The molecular weight excluding hydrogens is 360 g/mol. The summed E-state index contributed by atoms with van der Waals surface area (Å²) in [7, 11) is 0. The standard InChI is InChI=1S/C19H14ClF2N3O/c20-14-7-4-8-15(11-14)25-10-9-16(24-25)23-17(26)18(12-19(18,21)22)13-5-2-1-3-6-13/h1-11H,12H2,(H,23,24,26)/t18-/m1/s1. The molecule has 132 valence electrons. The number of nitrogens with one attached hydrogen (secondary N) is 1. The Balaban J connectivity index is 1.59. The SMILES string of the molecule is O=C(Nc1ccn(-c2cccc(Cl)c2)n1)[C@]1(c2ccccc2)CC1(F)F. The molecule has 4 rings (SSSR count). The molecule has 1 heterocycles. The second kappa shape index (κ2) is 5.92. The Hall–Kier alpha value is -2.73. The minimum atomic E-state index is -3.08. The van der Waals surface area contributed by atoms with Crippen molar-refractivity contribution in [3.05, 3.63) is 77.4 Å². The highest BCUT2D eigenvalue weighted by molar-refractivity contribution is 6.30. The van der Waals surface area contributed by atoms with E-state index in [-0.39, 0.29) is 5.82 Å². The topological polar surface area (TPSA) is 46.9 Å². The maximum absolute atomic E-state index is 14.1. The average Bonchev–Trinajstić information content (AvgIpc) is 2.98. The van der Waals surface area contributed by atoms with Crippen LogP contribution in [0.15, 0.2) is 66.9 Å². The molecule has 0 aliphatic heterocycles. The van der Waals surface area contributed by atoms with Crippen LogP contribution in [0.5, 0.6) is 0 Å². The summed E-state index contributed by atoms with van der Waals surface area (Å²) in [6.45, 7) is 0. The van der Waals surface area contributed by atoms with Gasteiger partial charge in [-0.2, -0.15) is 5.10 Å². The van der Waals surface area contributed by atoms with Gasteiger partial charge >= 0.3 is 0 Å². The van der Waals surface area contributed by atoms with Gasteiger partial charge in [-0.3, -0.25) is 4.79 Å². The summed E-state index contributed by atoms with van der Waals surface area (Å²) in [6.07, 6.45) is 1.12. The predicted molar refractivity (Wildman–Crippen MR) is 94.9 cm³/mol. The second-order valence-electron chi connectivity index (χ2n) is 6.23. The van der Waals surface area contributed by atoms with Gasteiger partial charge in [0.2, 0.25) is 5.91 Å². The summed E-state index contributed by atoms with van der Waals surface area (Å²) in [5, 5.41) is 7.29. The number of halogens is 3. The van der Waals surface area contributed by atoms with Crippen LogP contribution in [0.1, 0.15) is 12.0 Å². The fraction of sp³-hybridized carbons (Fsp3) is 0.158. The van der Waals surface area contributed by atoms with E-state index in [1.807, 2.05) is 0 Å². The summed E-state index contributed by atoms with van der Waals surface area (Å²) >= 11 is 5.96. The summed E-state index contributed by atoms with van der Waals surface area (Å²) < 4.78 is 29.7. The highest BCUT2D eigenvalue weighted by Gasteiger charge is 2.76. The van der Waals surface area contributed by atoms with E-state index < -0.39 is 23.7 Å². The van der Waals surface area contributed by atoms with E-state index in [4.69, 9.17) is 11.6 Å². The van der Waals surface area contributed by atoms with Crippen LogP contribution >= 0.6 is 11.6 Å². The molecule has 0 bridgehead atoms. The fourth-order valence-electron chi connectivity index (χ4n) is 3.08. The van der Waals surface area contributed by atoms with Gasteiger partial charge in [-0.05, 0) is 23.8 Å². The van der Waals surface area contributed by atoms with Crippen molar-refractivity contribution in [3.63, 3.8) is 0 Å². The number of aromatic nitrogens is 2. The monoisotopic (exact) mass is 373 g/mol. The molecule has 1 aromatic heterocycles. The molecule has 1 saturated carbocycles. The lowest BCUT2D eigenvalue weighted by Crippen LogP contribution is -2.33. The largest absolute Gasteiger partial charge is 0.308 e. The van der Waals surface area contributed by atoms with Crippen LogP contribution in [0, 0.1) is 0 Å². The van der Waals surface area contributed by atoms with Gasteiger partial charge in [0.05, 0.1) is 5.69 Å². The van der Waals surface area contributed by atoms with Gasteiger partial charge in [0.1, 0.15) is 5.41 Å². The van der Waals surface area contributed by atoms with Crippen molar-refractivity contribution in [2.24, 2.45) is 0 Å². The summed E-state index contributed by atoms with van der Waals surface area (Å²) in [5.74, 6) is -3.63. The molecule has 4 nitrogen and oxygen atoms in total. The van der Waals surface area contributed by atoms with Crippen LogP contribution in [-0.2, 0) is 10.2 Å². The number of amides is 1. The maximum atomic E-state index is 14.1. The predicted octanol–water partition coefficient (Wildman–Crippen LogP) is 4.44. The Labute approximate surface area is 153 Å². The van der Waals surface area contributed by atoms with Gasteiger partial charge in [-0.15, -0.1) is 0 Å². The molecule has 0 unspecified atom stereocenters. The number of benzene rings is 2. The van der Waals surface area contributed by atoms with Crippen molar-refractivity contribution >= 4 is 23.3 Å². The maximum Gasteiger partial charge on any atom is 0.268 e. The first-order valence-electron chi connectivity index (χ1n) is 7.99. The molecular formula is C19H14ClF2N3O. The number of hydrogen-bond acceptors (Lipinski definition) is 2. The van der Waals surface area contributed by atoms with Gasteiger partial charge in [0.25, 0.3) is 5.92 Å². The molecule has 1 fully saturated rings. The molecule has 7 heteroatoms. The molecule has 0 saturated heterocycles. The fourth-order valence-corrected chi connectivity index (χ4v) is 3.26. The van der Waals surface area contributed by atoms with Crippen LogP contribution in [0.25, 0.3) is 5.69 Å². The number of alkyl halides is 2. The van der Waals surface area contributed by atoms with Gasteiger partial charge in [-0.25, -0.2) is 13.5 Å². The van der Waals surface area contributed by atoms with Crippen molar-refractivity contribution in [2.75, 3.05) is 5.32 Å². The van der Waals surface area contributed by atoms with E-state index in [2.05, 4.69) is 10.4 Å². The lowest BCUT2D eigenvalue weighted by molar-refractivity contribution is -0.121. The van der Waals surface area contributed by atoms with E-state index in [9.17, 15) is 13.6 Å². The molecule has 1 atom stereocenters. The van der Waals surface area contributed by atoms with Crippen molar-refractivity contribution < 1.29 is 13.6 Å². The van der Waals surface area contributed by atoms with Crippen LogP contribution < -0.4 is 5.32 Å². The molecule has 1 amide bonds. The quantitative estimate of drug-likeness (QED) is 0.734. The summed E-state index contributed by atoms with van der Waals surface area (Å²) in [5.41, 5.74) is -0.835. The van der Waals surface area contributed by atoms with Gasteiger partial charge in [-0.1, -0.05) is 48.0 Å². The molecule has 1 aliphatic rings. The van der Waals surface area contributed by atoms with Gasteiger partial charge < -0.3 is 5.32 Å². The zero-order chi connectivity index (χ0) is 18.4. The van der Waals surface area contributed by atoms with E-state index in [0.717, 1.165) is 0 Å². The van der Waals surface area contributed by atoms with Crippen LogP contribution in [0.4, 0.5) is 14.6 Å². The molecule has 2 aromatic carbocycles. The molecule has 0 radical (unpaired) electrons. The second-order valence-corrected chi connectivity index (χ2v) is 6.67. The van der Waals surface area contributed by atoms with Crippen LogP contribution in [0.3, 0.4) is 0 Å². The number of hydrogen-bond donors (Lipinski definition) is 1. The Bertz CT molecular complexity index is 974. The average molecular weight is 374 g/mol. The first-order valence-corrected chi connectivity index (χ1v) is 8.37. The first kappa shape index (κ1) is 16.7. The van der Waals surface area contributed by atoms with E-state index in [0.29, 0.717) is 16.3 Å². The van der Waals surface area contributed by atoms with Crippen molar-refractivity contribution in [2.45, 2.75) is 17.8 Å². The van der Waals surface area contributed by atoms with Crippen LogP contribution in [0.2, 0.25) is 5.02 Å². The molecule has 3 aromatic rings. The molecule has 1 N–H and O–H groups in total. The lowest BCUT2D eigenvalue weighted by atomic mass is 9.94. The van der Waals surface area contributed by atoms with E-state index in [1.165, 1.54) is 4.68 Å². The molecule has 1 aliphatic carbocycles. The smallest absolute Gasteiger partial charge is 0.268 e. The normalized spacial score (nSPS) is 20.6. The minimum absolute atomic E-state index is 0.202.